The van der Waals surface area contributed by atoms with E-state index in [1.807, 2.05) is 0 Å². The van der Waals surface area contributed by atoms with Crippen molar-refractivity contribution in [1.29, 1.82) is 0 Å². The Labute approximate surface area is 121 Å². The molecule has 108 valence electrons. The number of aryl methyl sites for hydroxylation is 1. The van der Waals surface area contributed by atoms with Gasteiger partial charge in [0.2, 0.25) is 0 Å². The summed E-state index contributed by atoms with van der Waals surface area (Å²) in [5, 5.41) is 3.30. The first kappa shape index (κ1) is 13.5. The number of nitrogens with one attached hydrogen (secondary N) is 1. The van der Waals surface area contributed by atoms with Gasteiger partial charge in [0.15, 0.2) is 0 Å². The average molecular weight is 272 g/mol. The smallest absolute Gasteiger partial charge is 0.144 e. The fourth-order valence-corrected chi connectivity index (χ4v) is 3.28. The van der Waals surface area contributed by atoms with Crippen LogP contribution in [-0.4, -0.2) is 18.1 Å². The molecule has 1 N–H and O–H groups in total. The molecule has 0 amide bonds. The van der Waals surface area contributed by atoms with Crippen LogP contribution < -0.4 is 10.1 Å². The summed E-state index contributed by atoms with van der Waals surface area (Å²) in [5.74, 6) is 2.22. The predicted molar refractivity (Wildman–Crippen MR) is 81.2 cm³/mol. The summed E-state index contributed by atoms with van der Waals surface area (Å²) in [4.78, 5) is 4.87. The lowest BCUT2D eigenvalue weighted by Gasteiger charge is -2.30. The highest BCUT2D eigenvalue weighted by atomic mass is 16.5. The van der Waals surface area contributed by atoms with Gasteiger partial charge in [-0.25, -0.2) is 0 Å². The number of aromatic nitrogens is 1. The molecule has 3 rings (SSSR count). The van der Waals surface area contributed by atoms with Gasteiger partial charge < -0.3 is 10.1 Å². The summed E-state index contributed by atoms with van der Waals surface area (Å²) >= 11 is 0. The second-order valence-corrected chi connectivity index (χ2v) is 6.50. The van der Waals surface area contributed by atoms with Gasteiger partial charge in [-0.1, -0.05) is 20.4 Å². The Balaban J connectivity index is 2.01. The highest BCUT2D eigenvalue weighted by Crippen LogP contribution is 2.48. The lowest BCUT2D eigenvalue weighted by atomic mass is 9.79. The molecule has 3 nitrogen and oxygen atoms in total. The van der Waals surface area contributed by atoms with Gasteiger partial charge in [0.25, 0.3) is 0 Å². The normalized spacial score (nSPS) is 23.6. The number of fused-ring (bicyclic) bond motifs is 1. The number of pyridine rings is 1. The number of ether oxygens (including phenoxy) is 1. The monoisotopic (exact) mass is 272 g/mol. The van der Waals surface area contributed by atoms with Crippen molar-refractivity contribution in [3.63, 3.8) is 0 Å². The van der Waals surface area contributed by atoms with Crippen molar-refractivity contribution in [2.75, 3.05) is 13.2 Å². The Morgan fingerprint density at radius 2 is 2.30 bits per heavy atom. The fourth-order valence-electron chi connectivity index (χ4n) is 3.28. The average Bonchev–Trinajstić information content (AvgIpc) is 3.22. The fraction of sp³-hybridized carbons (Fsp3) is 0.588. The molecular weight excluding hydrogens is 248 g/mol. The van der Waals surface area contributed by atoms with Crippen LogP contribution in [-0.2, 0) is 5.41 Å². The number of rotatable bonds is 5. The van der Waals surface area contributed by atoms with Crippen molar-refractivity contribution < 1.29 is 4.74 Å². The molecule has 1 aromatic heterocycles. The van der Waals surface area contributed by atoms with Crippen molar-refractivity contribution in [3.8, 4) is 5.75 Å². The van der Waals surface area contributed by atoms with Gasteiger partial charge in [0.1, 0.15) is 5.75 Å². The van der Waals surface area contributed by atoms with Crippen LogP contribution in [0.1, 0.15) is 49.6 Å². The molecule has 20 heavy (non-hydrogen) atoms. The minimum absolute atomic E-state index is 0.0935. The summed E-state index contributed by atoms with van der Waals surface area (Å²) in [5.41, 5.74) is 3.67. The van der Waals surface area contributed by atoms with Gasteiger partial charge in [0, 0.05) is 29.1 Å². The van der Waals surface area contributed by atoms with Crippen LogP contribution in [0.25, 0.3) is 0 Å². The van der Waals surface area contributed by atoms with E-state index in [9.17, 15) is 0 Å². The standard InChI is InChI=1S/C17H24N2O/c1-5-18-10-17(4,13-6-7-13)15-8-14-11(2)9-20-16(14)12(3)19-15/h5,8,11,13,18H,1,6-7,9-10H2,2-4H3. The van der Waals surface area contributed by atoms with Gasteiger partial charge in [-0.3, -0.25) is 4.98 Å². The molecule has 0 saturated heterocycles. The molecule has 1 saturated carbocycles. The van der Waals surface area contributed by atoms with E-state index in [1.165, 1.54) is 24.1 Å². The quantitative estimate of drug-likeness (QED) is 0.893. The molecule has 1 aliphatic carbocycles. The molecule has 2 heterocycles. The molecule has 0 spiro atoms. The summed E-state index contributed by atoms with van der Waals surface area (Å²) in [6.07, 6.45) is 4.39. The zero-order valence-electron chi connectivity index (χ0n) is 12.7. The van der Waals surface area contributed by atoms with E-state index in [0.29, 0.717) is 5.92 Å². The lowest BCUT2D eigenvalue weighted by Crippen LogP contribution is -2.36. The number of nitrogens with zero attached hydrogens (tertiary/aromatic N) is 1. The molecule has 3 heteroatoms. The van der Waals surface area contributed by atoms with E-state index < -0.39 is 0 Å². The van der Waals surface area contributed by atoms with Gasteiger partial charge in [0.05, 0.1) is 12.3 Å². The molecule has 1 aromatic rings. The SMILES string of the molecule is C=CNCC(C)(c1cc2c(c(C)n1)OCC2C)C1CC1. The van der Waals surface area contributed by atoms with Gasteiger partial charge >= 0.3 is 0 Å². The molecule has 2 atom stereocenters. The molecule has 2 unspecified atom stereocenters. The van der Waals surface area contributed by atoms with E-state index >= 15 is 0 Å². The van der Waals surface area contributed by atoms with E-state index in [-0.39, 0.29) is 5.41 Å². The highest BCUT2D eigenvalue weighted by molar-refractivity contribution is 5.45. The van der Waals surface area contributed by atoms with Gasteiger partial charge in [-0.15, -0.1) is 0 Å². The summed E-state index contributed by atoms with van der Waals surface area (Å²) in [6.45, 7) is 12.1. The third-order valence-corrected chi connectivity index (χ3v) is 4.86. The molecule has 1 fully saturated rings. The van der Waals surface area contributed by atoms with Crippen molar-refractivity contribution in [2.45, 2.75) is 44.9 Å². The van der Waals surface area contributed by atoms with E-state index in [1.54, 1.807) is 6.20 Å². The summed E-state index contributed by atoms with van der Waals surface area (Å²) in [6, 6.07) is 2.28. The maximum Gasteiger partial charge on any atom is 0.144 e. The van der Waals surface area contributed by atoms with Crippen LogP contribution in [0, 0.1) is 12.8 Å². The largest absolute Gasteiger partial charge is 0.491 e. The minimum atomic E-state index is 0.0935. The van der Waals surface area contributed by atoms with Crippen LogP contribution in [0.5, 0.6) is 5.75 Å². The molecule has 2 aliphatic rings. The van der Waals surface area contributed by atoms with Gasteiger partial charge in [-0.2, -0.15) is 0 Å². The first-order valence-corrected chi connectivity index (χ1v) is 7.55. The Morgan fingerprint density at radius 1 is 1.55 bits per heavy atom. The maximum atomic E-state index is 5.77. The maximum absolute atomic E-state index is 5.77. The van der Waals surface area contributed by atoms with Crippen LogP contribution in [0.3, 0.4) is 0 Å². The van der Waals surface area contributed by atoms with Crippen molar-refractivity contribution in [2.24, 2.45) is 5.92 Å². The minimum Gasteiger partial charge on any atom is -0.491 e. The van der Waals surface area contributed by atoms with Crippen LogP contribution in [0.2, 0.25) is 0 Å². The molecule has 0 bridgehead atoms. The van der Waals surface area contributed by atoms with Crippen molar-refractivity contribution in [3.05, 3.63) is 35.8 Å². The first-order chi connectivity index (χ1) is 9.56. The Kier molecular flexibility index (Phi) is 3.23. The number of hydrogen-bond acceptors (Lipinski definition) is 3. The van der Waals surface area contributed by atoms with Crippen molar-refractivity contribution >= 4 is 0 Å². The second-order valence-electron chi connectivity index (χ2n) is 6.50. The van der Waals surface area contributed by atoms with Crippen LogP contribution in [0.15, 0.2) is 18.8 Å². The topological polar surface area (TPSA) is 34.2 Å². The highest BCUT2D eigenvalue weighted by Gasteiger charge is 2.44. The van der Waals surface area contributed by atoms with Gasteiger partial charge in [-0.05, 0) is 37.9 Å². The Morgan fingerprint density at radius 3 is 2.95 bits per heavy atom. The molecule has 0 aromatic carbocycles. The zero-order valence-corrected chi connectivity index (χ0v) is 12.7. The van der Waals surface area contributed by atoms with E-state index in [0.717, 1.165) is 30.5 Å². The second kappa shape index (κ2) is 4.80. The third-order valence-electron chi connectivity index (χ3n) is 4.86. The molecular formula is C17H24N2O. The third kappa shape index (κ3) is 2.09. The lowest BCUT2D eigenvalue weighted by molar-refractivity contribution is 0.333. The molecule has 1 aliphatic heterocycles. The predicted octanol–water partition coefficient (Wildman–Crippen LogP) is 3.29. The zero-order chi connectivity index (χ0) is 14.3. The number of hydrogen-bond donors (Lipinski definition) is 1. The Bertz CT molecular complexity index is 536. The Hall–Kier alpha value is -1.51. The first-order valence-electron chi connectivity index (χ1n) is 7.55. The summed E-state index contributed by atoms with van der Waals surface area (Å²) < 4.78 is 5.77. The van der Waals surface area contributed by atoms with E-state index in [2.05, 4.69) is 38.7 Å². The molecule has 0 radical (unpaired) electrons. The van der Waals surface area contributed by atoms with Crippen LogP contribution >= 0.6 is 0 Å². The van der Waals surface area contributed by atoms with Crippen LogP contribution in [0.4, 0.5) is 0 Å². The summed E-state index contributed by atoms with van der Waals surface area (Å²) in [7, 11) is 0. The van der Waals surface area contributed by atoms with E-state index in [4.69, 9.17) is 9.72 Å². The van der Waals surface area contributed by atoms with Crippen molar-refractivity contribution in [1.82, 2.24) is 10.3 Å².